The fourth-order valence-electron chi connectivity index (χ4n) is 3.09. The maximum atomic E-state index is 12.5. The summed E-state index contributed by atoms with van der Waals surface area (Å²) in [5.74, 6) is 1.29. The Morgan fingerprint density at radius 3 is 2.52 bits per heavy atom. The Morgan fingerprint density at radius 1 is 1.24 bits per heavy atom. The molecule has 2 N–H and O–H groups in total. The summed E-state index contributed by atoms with van der Waals surface area (Å²) in [6, 6.07) is 3.19. The first-order valence-corrected chi connectivity index (χ1v) is 13.1. The lowest BCUT2D eigenvalue weighted by molar-refractivity contribution is -0.122. The molecule has 0 aromatic carbocycles. The van der Waals surface area contributed by atoms with E-state index in [0.717, 1.165) is 44.1 Å². The topological polar surface area (TPSA) is 94.6 Å². The molecule has 1 aromatic rings. The van der Waals surface area contributed by atoms with Crippen molar-refractivity contribution in [2.24, 2.45) is 0 Å². The van der Waals surface area contributed by atoms with Crippen LogP contribution in [-0.2, 0) is 21.4 Å². The number of carbonyl (C=O) groups is 1. The number of likely N-dealkylation sites (N-methyl/N-ethyl adjacent to an activating group) is 1. The normalized spacial score (nSPS) is 16.6. The SMILES string of the molecule is CCN1CCN(c2ccc(CNC(=O)C(CCSC)NS(=O)(=O)CC)cn2)CC1. The third-order valence-electron chi connectivity index (χ3n) is 5.05. The minimum Gasteiger partial charge on any atom is -0.354 e. The number of aromatic nitrogens is 1. The molecule has 29 heavy (non-hydrogen) atoms. The molecule has 10 heteroatoms. The first-order valence-electron chi connectivity index (χ1n) is 10.1. The van der Waals surface area contributed by atoms with Crippen molar-refractivity contribution < 1.29 is 13.2 Å². The lowest BCUT2D eigenvalue weighted by Crippen LogP contribution is -2.47. The van der Waals surface area contributed by atoms with Crippen molar-refractivity contribution >= 4 is 33.5 Å². The van der Waals surface area contributed by atoms with Crippen LogP contribution in [0.25, 0.3) is 0 Å². The molecule has 1 aromatic heterocycles. The van der Waals surface area contributed by atoms with E-state index in [0.29, 0.717) is 18.7 Å². The largest absolute Gasteiger partial charge is 0.354 e. The highest BCUT2D eigenvalue weighted by molar-refractivity contribution is 7.98. The summed E-state index contributed by atoms with van der Waals surface area (Å²) in [6.45, 7) is 9.14. The average molecular weight is 444 g/mol. The summed E-state index contributed by atoms with van der Waals surface area (Å²) in [7, 11) is -3.44. The fraction of sp³-hybridized carbons (Fsp3) is 0.684. The van der Waals surface area contributed by atoms with Crippen LogP contribution in [0.3, 0.4) is 0 Å². The van der Waals surface area contributed by atoms with Gasteiger partial charge < -0.3 is 15.1 Å². The van der Waals surface area contributed by atoms with Gasteiger partial charge in [-0.3, -0.25) is 4.79 Å². The van der Waals surface area contributed by atoms with E-state index in [4.69, 9.17) is 0 Å². The van der Waals surface area contributed by atoms with Crippen LogP contribution in [0.15, 0.2) is 18.3 Å². The lowest BCUT2D eigenvalue weighted by atomic mass is 10.2. The van der Waals surface area contributed by atoms with Gasteiger partial charge in [0, 0.05) is 38.9 Å². The second-order valence-corrected chi connectivity index (χ2v) is 10.0. The lowest BCUT2D eigenvalue weighted by Gasteiger charge is -2.34. The fourth-order valence-corrected chi connectivity index (χ4v) is 4.39. The summed E-state index contributed by atoms with van der Waals surface area (Å²) in [5, 5.41) is 2.83. The highest BCUT2D eigenvalue weighted by atomic mass is 32.2. The van der Waals surface area contributed by atoms with Gasteiger partial charge in [0.25, 0.3) is 0 Å². The highest BCUT2D eigenvalue weighted by Gasteiger charge is 2.23. The van der Waals surface area contributed by atoms with Gasteiger partial charge in [-0.15, -0.1) is 0 Å². The number of hydrogen-bond donors (Lipinski definition) is 2. The quantitative estimate of drug-likeness (QED) is 0.525. The van der Waals surface area contributed by atoms with Crippen LogP contribution in [0, 0.1) is 0 Å². The Kier molecular flexibility index (Phi) is 9.67. The molecule has 0 bridgehead atoms. The predicted octanol–water partition coefficient (Wildman–Crippen LogP) is 0.901. The third-order valence-corrected chi connectivity index (χ3v) is 7.10. The zero-order valence-corrected chi connectivity index (χ0v) is 19.2. The molecule has 164 valence electrons. The Morgan fingerprint density at radius 2 is 1.97 bits per heavy atom. The molecule has 1 fully saturated rings. The monoisotopic (exact) mass is 443 g/mol. The van der Waals surface area contributed by atoms with E-state index in [2.05, 4.69) is 31.7 Å². The van der Waals surface area contributed by atoms with Crippen LogP contribution in [0.5, 0.6) is 0 Å². The van der Waals surface area contributed by atoms with E-state index in [-0.39, 0.29) is 11.7 Å². The molecule has 0 aliphatic carbocycles. The smallest absolute Gasteiger partial charge is 0.238 e. The second-order valence-electron chi connectivity index (χ2n) is 7.02. The number of amides is 1. The van der Waals surface area contributed by atoms with Crippen molar-refractivity contribution in [2.75, 3.05) is 55.4 Å². The van der Waals surface area contributed by atoms with Gasteiger partial charge in [-0.25, -0.2) is 18.1 Å². The summed E-state index contributed by atoms with van der Waals surface area (Å²) < 4.78 is 26.2. The van der Waals surface area contributed by atoms with Gasteiger partial charge in [-0.05, 0) is 43.5 Å². The minimum atomic E-state index is -3.44. The third kappa shape index (κ3) is 7.76. The molecule has 2 rings (SSSR count). The maximum Gasteiger partial charge on any atom is 0.238 e. The van der Waals surface area contributed by atoms with Crippen molar-refractivity contribution in [3.05, 3.63) is 23.9 Å². The van der Waals surface area contributed by atoms with Crippen LogP contribution in [0.2, 0.25) is 0 Å². The number of thioether (sulfide) groups is 1. The van der Waals surface area contributed by atoms with Gasteiger partial charge in [0.2, 0.25) is 15.9 Å². The number of anilines is 1. The van der Waals surface area contributed by atoms with Gasteiger partial charge >= 0.3 is 0 Å². The minimum absolute atomic E-state index is 0.0477. The average Bonchev–Trinajstić information content (AvgIpc) is 2.75. The van der Waals surface area contributed by atoms with Crippen LogP contribution in [0.1, 0.15) is 25.8 Å². The van der Waals surface area contributed by atoms with Gasteiger partial charge in [0.15, 0.2) is 0 Å². The van der Waals surface area contributed by atoms with E-state index in [1.165, 1.54) is 0 Å². The van der Waals surface area contributed by atoms with E-state index in [1.807, 2.05) is 18.4 Å². The Hall–Kier alpha value is -1.36. The Labute approximate surface area is 178 Å². The molecular formula is C19H33N5O3S2. The number of sulfonamides is 1. The van der Waals surface area contributed by atoms with Crippen LogP contribution in [-0.4, -0.2) is 80.7 Å². The molecule has 0 radical (unpaired) electrons. The summed E-state index contributed by atoms with van der Waals surface area (Å²) in [4.78, 5) is 21.7. The van der Waals surface area contributed by atoms with Crippen molar-refractivity contribution in [1.82, 2.24) is 19.9 Å². The molecule has 1 amide bonds. The second kappa shape index (κ2) is 11.7. The molecule has 1 unspecified atom stereocenters. The summed E-state index contributed by atoms with van der Waals surface area (Å²) in [5.41, 5.74) is 0.885. The zero-order chi connectivity index (χ0) is 21.3. The first-order chi connectivity index (χ1) is 13.9. The van der Waals surface area contributed by atoms with Gasteiger partial charge in [0.1, 0.15) is 11.9 Å². The number of nitrogens with zero attached hydrogens (tertiary/aromatic N) is 3. The van der Waals surface area contributed by atoms with E-state index in [1.54, 1.807) is 24.9 Å². The standard InChI is InChI=1S/C19H33N5O3S2/c1-4-23-9-11-24(12-10-23)18-7-6-16(14-20-18)15-21-19(25)17(8-13-28-3)22-29(26,27)5-2/h6-7,14,17,22H,4-5,8-13,15H2,1-3H3,(H,21,25). The Bertz CT molecular complexity index is 735. The maximum absolute atomic E-state index is 12.5. The zero-order valence-electron chi connectivity index (χ0n) is 17.6. The van der Waals surface area contributed by atoms with Gasteiger partial charge in [-0.1, -0.05) is 13.0 Å². The molecule has 0 saturated carbocycles. The molecule has 2 heterocycles. The van der Waals surface area contributed by atoms with Gasteiger partial charge in [-0.2, -0.15) is 11.8 Å². The number of pyridine rings is 1. The number of piperazine rings is 1. The van der Waals surface area contributed by atoms with Crippen molar-refractivity contribution in [1.29, 1.82) is 0 Å². The van der Waals surface area contributed by atoms with E-state index >= 15 is 0 Å². The van der Waals surface area contributed by atoms with Crippen LogP contribution < -0.4 is 14.9 Å². The van der Waals surface area contributed by atoms with E-state index < -0.39 is 16.1 Å². The van der Waals surface area contributed by atoms with E-state index in [9.17, 15) is 13.2 Å². The van der Waals surface area contributed by atoms with Gasteiger partial charge in [0.05, 0.1) is 5.75 Å². The van der Waals surface area contributed by atoms with Crippen molar-refractivity contribution in [3.63, 3.8) is 0 Å². The molecular weight excluding hydrogens is 410 g/mol. The molecule has 8 nitrogen and oxygen atoms in total. The number of rotatable bonds is 11. The predicted molar refractivity (Wildman–Crippen MR) is 120 cm³/mol. The van der Waals surface area contributed by atoms with Crippen LogP contribution >= 0.6 is 11.8 Å². The van der Waals surface area contributed by atoms with Crippen LogP contribution in [0.4, 0.5) is 5.82 Å². The summed E-state index contributed by atoms with van der Waals surface area (Å²) >= 11 is 1.58. The summed E-state index contributed by atoms with van der Waals surface area (Å²) in [6.07, 6.45) is 4.15. The van der Waals surface area contributed by atoms with Crippen molar-refractivity contribution in [3.8, 4) is 0 Å². The highest BCUT2D eigenvalue weighted by Crippen LogP contribution is 2.14. The number of carbonyl (C=O) groups excluding carboxylic acids is 1. The molecule has 1 saturated heterocycles. The van der Waals surface area contributed by atoms with Crippen molar-refractivity contribution in [2.45, 2.75) is 32.9 Å². The Balaban J connectivity index is 1.89. The molecule has 0 spiro atoms. The molecule has 1 aliphatic rings. The molecule has 1 aliphatic heterocycles. The number of nitrogens with one attached hydrogen (secondary N) is 2. The number of hydrogen-bond acceptors (Lipinski definition) is 7. The molecule has 1 atom stereocenters. The first kappa shape index (κ1) is 23.9.